The number of para-hydroxylation sites is 8. The van der Waals surface area contributed by atoms with Crippen molar-refractivity contribution in [2.24, 2.45) is 0 Å². The third kappa shape index (κ3) is 14.4. The van der Waals surface area contributed by atoms with Gasteiger partial charge in [-0.15, -0.1) is 11.1 Å². The zero-order valence-corrected chi connectivity index (χ0v) is 57.8. The van der Waals surface area contributed by atoms with E-state index in [1.54, 1.807) is 0 Å². The number of rotatable bonds is 14. The van der Waals surface area contributed by atoms with E-state index in [9.17, 15) is 0 Å². The molecule has 0 N–H and O–H groups in total. The number of benzene rings is 9. The molecule has 0 aliphatic carbocycles. The van der Waals surface area contributed by atoms with Gasteiger partial charge in [-0.2, -0.15) is 60.7 Å². The summed E-state index contributed by atoms with van der Waals surface area (Å²) >= 11 is 0. The van der Waals surface area contributed by atoms with Crippen molar-refractivity contribution in [1.82, 2.24) is 9.13 Å². The standard InChI is InChI=1S/2C31H38N2.C18H12.2Au/c2*1-20(2)24-13-11-14-25(21(3)4)30(24)32-19-33(29-18-10-9-17-28(29)32)31-26(22(5)6)15-12-16-27(31)23(7)8;1-3-7-15(8-4-1)17-11-13-18(14-12-17)16-9-5-2-6-10-16;;/h2*9-18,20-23H,1-8H3;3-14H;;/q;;-2;;. The molecule has 6 heteroatoms. The molecule has 4 nitrogen and oxygen atoms in total. The summed E-state index contributed by atoms with van der Waals surface area (Å²) in [6.07, 6.45) is 7.67. The Bertz CT molecular complexity index is 3410. The Hall–Kier alpha value is -6.60. The minimum Gasteiger partial charge on any atom is -0.291 e. The SMILES string of the molecule is CC(C)c1cccc(C(C)C)c1-n1[c-][n+](-c2c(C(C)C)cccc2C(C)C)c2ccccc21.CC(C)c1cccc(C(C)C)c1-n1[c-][n+](-c2c(C(C)C)cccc2C(C)C)c2ccccc21.[Au].[Au].[c-]1ccc(-c2ccc(-c3cc[c-]cc3)cc2)cc1. The van der Waals surface area contributed by atoms with Crippen molar-refractivity contribution >= 4 is 22.1 Å². The van der Waals surface area contributed by atoms with Crippen LogP contribution < -0.4 is 9.13 Å². The summed E-state index contributed by atoms with van der Waals surface area (Å²) < 4.78 is 9.28. The van der Waals surface area contributed by atoms with Crippen LogP contribution in [0.3, 0.4) is 0 Å². The third-order valence-electron chi connectivity index (χ3n) is 16.4. The molecule has 2 radical (unpaired) electrons. The Morgan fingerprint density at radius 2 is 0.500 bits per heavy atom. The van der Waals surface area contributed by atoms with E-state index in [1.165, 1.54) is 112 Å². The Morgan fingerprint density at radius 1 is 0.267 bits per heavy atom. The summed E-state index contributed by atoms with van der Waals surface area (Å²) in [6, 6.07) is 75.3. The molecule has 0 atom stereocenters. The molecule has 0 fully saturated rings. The maximum atomic E-state index is 3.84. The van der Waals surface area contributed by atoms with Gasteiger partial charge in [0.2, 0.25) is 0 Å². The number of hydrogen-bond donors (Lipinski definition) is 0. The minimum atomic E-state index is 0. The summed E-state index contributed by atoms with van der Waals surface area (Å²) in [4.78, 5) is 0. The van der Waals surface area contributed by atoms with Gasteiger partial charge in [0.1, 0.15) is 0 Å². The third-order valence-corrected chi connectivity index (χ3v) is 16.4. The molecule has 0 saturated heterocycles. The van der Waals surface area contributed by atoms with Crippen molar-refractivity contribution < 1.29 is 53.9 Å². The smallest absolute Gasteiger partial charge is 0.269 e. The molecule has 86 heavy (non-hydrogen) atoms. The van der Waals surface area contributed by atoms with Crippen molar-refractivity contribution in [3.63, 3.8) is 0 Å². The first-order valence-corrected chi connectivity index (χ1v) is 30.8. The Kier molecular flexibility index (Phi) is 23.2. The molecule has 0 saturated carbocycles. The number of nitrogens with zero attached hydrogens (tertiary/aromatic N) is 4. The monoisotopic (exact) mass is 1500 g/mol. The van der Waals surface area contributed by atoms with E-state index in [0.717, 1.165) is 0 Å². The van der Waals surface area contributed by atoms with Gasteiger partial charge in [-0.05, 0) is 103 Å². The fraction of sp³-hybridized carbons (Fsp3) is 0.300. The summed E-state index contributed by atoms with van der Waals surface area (Å²) in [6.45, 7) is 36.6. The molecule has 0 aliphatic heterocycles. The molecule has 0 amide bonds. The zero-order chi connectivity index (χ0) is 59.9. The number of fused-ring (bicyclic) bond motifs is 2. The van der Waals surface area contributed by atoms with Crippen LogP contribution in [-0.2, 0) is 44.8 Å². The molecule has 0 spiro atoms. The van der Waals surface area contributed by atoms with Gasteiger partial charge in [0.15, 0.2) is 0 Å². The molecule has 0 unspecified atom stereocenters. The van der Waals surface area contributed by atoms with Crippen LogP contribution in [0.5, 0.6) is 0 Å². The first-order chi connectivity index (χ1) is 40.4. The summed E-state index contributed by atoms with van der Waals surface area (Å²) in [5.74, 6) is 3.41. The van der Waals surface area contributed by atoms with E-state index >= 15 is 0 Å². The van der Waals surface area contributed by atoms with Crippen LogP contribution in [0.4, 0.5) is 0 Å². The largest absolute Gasteiger partial charge is 0.291 e. The first-order valence-electron chi connectivity index (χ1n) is 30.8. The van der Waals surface area contributed by atoms with Gasteiger partial charge in [-0.1, -0.05) is 256 Å². The quantitative estimate of drug-likeness (QED) is 0.0587. The van der Waals surface area contributed by atoms with Gasteiger partial charge in [-0.25, -0.2) is 0 Å². The Balaban J connectivity index is 0.000000190. The molecular weight excluding hydrogens is 1410 g/mol. The number of hydrogen-bond acceptors (Lipinski definition) is 0. The van der Waals surface area contributed by atoms with Crippen LogP contribution in [-0.4, -0.2) is 9.13 Å². The second-order valence-corrected chi connectivity index (χ2v) is 25.1. The maximum absolute atomic E-state index is 3.84. The van der Waals surface area contributed by atoms with Crippen molar-refractivity contribution in [3.05, 3.63) is 263 Å². The predicted octanol–water partition coefficient (Wildman–Crippen LogP) is 21.0. The molecule has 9 aromatic carbocycles. The van der Waals surface area contributed by atoms with Crippen LogP contribution in [0.2, 0.25) is 0 Å². The van der Waals surface area contributed by atoms with E-state index in [2.05, 4.69) is 324 Å². The van der Waals surface area contributed by atoms with Crippen LogP contribution in [0.1, 0.15) is 203 Å². The van der Waals surface area contributed by atoms with Crippen molar-refractivity contribution in [2.45, 2.75) is 158 Å². The molecule has 2 heterocycles. The molecule has 11 rings (SSSR count). The second kappa shape index (κ2) is 29.9. The van der Waals surface area contributed by atoms with Gasteiger partial charge in [0.05, 0.1) is 44.8 Å². The Morgan fingerprint density at radius 3 is 0.756 bits per heavy atom. The molecule has 11 aromatic rings. The zero-order valence-electron chi connectivity index (χ0n) is 53.5. The van der Waals surface area contributed by atoms with Crippen LogP contribution >= 0.6 is 0 Å². The van der Waals surface area contributed by atoms with Gasteiger partial charge >= 0.3 is 0 Å². The Labute approximate surface area is 547 Å². The van der Waals surface area contributed by atoms with E-state index < -0.39 is 0 Å². The van der Waals surface area contributed by atoms with Crippen LogP contribution in [0, 0.1) is 24.8 Å². The van der Waals surface area contributed by atoms with Crippen LogP contribution in [0.15, 0.2) is 194 Å². The molecule has 0 aliphatic rings. The van der Waals surface area contributed by atoms with Crippen molar-refractivity contribution in [3.8, 4) is 45.0 Å². The maximum Gasteiger partial charge on any atom is 0.269 e. The van der Waals surface area contributed by atoms with Crippen molar-refractivity contribution in [1.29, 1.82) is 0 Å². The second-order valence-electron chi connectivity index (χ2n) is 25.1. The minimum absolute atomic E-state index is 0. The molecule has 0 bridgehead atoms. The summed E-state index contributed by atoms with van der Waals surface area (Å²) in [7, 11) is 0. The van der Waals surface area contributed by atoms with E-state index in [1.807, 2.05) is 24.3 Å². The topological polar surface area (TPSA) is 17.6 Å². The van der Waals surface area contributed by atoms with Gasteiger partial charge in [0.25, 0.3) is 12.7 Å². The molecule has 2 aromatic heterocycles. The van der Waals surface area contributed by atoms with Gasteiger partial charge in [-0.3, -0.25) is 18.3 Å². The summed E-state index contributed by atoms with van der Waals surface area (Å²) in [5.41, 5.74) is 25.8. The fourth-order valence-corrected chi connectivity index (χ4v) is 11.9. The normalized spacial score (nSPS) is 11.4. The van der Waals surface area contributed by atoms with Crippen LogP contribution in [0.25, 0.3) is 67.1 Å². The average molecular weight is 1500 g/mol. The van der Waals surface area contributed by atoms with Gasteiger partial charge in [0, 0.05) is 44.8 Å². The summed E-state index contributed by atoms with van der Waals surface area (Å²) in [5, 5.41) is 0. The van der Waals surface area contributed by atoms with E-state index in [0.29, 0.717) is 47.3 Å². The predicted molar refractivity (Wildman–Crippen MR) is 355 cm³/mol. The first kappa shape index (κ1) is 66.9. The average Bonchev–Trinajstić information content (AvgIpc) is 1.70. The molecule has 452 valence electrons. The fourth-order valence-electron chi connectivity index (χ4n) is 11.9. The van der Waals surface area contributed by atoms with E-state index in [4.69, 9.17) is 0 Å². The van der Waals surface area contributed by atoms with Gasteiger partial charge < -0.3 is 0 Å². The number of imidazole rings is 2. The van der Waals surface area contributed by atoms with Crippen molar-refractivity contribution in [2.75, 3.05) is 0 Å². The number of aromatic nitrogens is 4. The van der Waals surface area contributed by atoms with E-state index in [-0.39, 0.29) is 44.8 Å². The molecular formula is C80H88Au2N4-2.